The molecular weight excluding hydrogens is 252 g/mol. The maximum Gasteiger partial charge on any atom is 0.0850 e. The third-order valence-electron chi connectivity index (χ3n) is 5.33. The van der Waals surface area contributed by atoms with E-state index in [0.29, 0.717) is 6.10 Å². The lowest BCUT2D eigenvalue weighted by Crippen LogP contribution is -2.51. The van der Waals surface area contributed by atoms with Crippen LogP contribution in [0.25, 0.3) is 0 Å². The van der Waals surface area contributed by atoms with E-state index in [1.807, 2.05) is 6.92 Å². The fourth-order valence-corrected chi connectivity index (χ4v) is 4.09. The lowest BCUT2D eigenvalue weighted by molar-refractivity contribution is -0.0897. The van der Waals surface area contributed by atoms with Gasteiger partial charge in [0.2, 0.25) is 0 Å². The maximum atomic E-state index is 6.47. The van der Waals surface area contributed by atoms with Gasteiger partial charge in [-0.3, -0.25) is 4.90 Å². The molecule has 4 nitrogen and oxygen atoms in total. The Balaban J connectivity index is 1.49. The van der Waals surface area contributed by atoms with Gasteiger partial charge >= 0.3 is 0 Å². The van der Waals surface area contributed by atoms with E-state index >= 15 is 0 Å². The minimum atomic E-state index is 0.118. The van der Waals surface area contributed by atoms with Crippen molar-refractivity contribution in [1.82, 2.24) is 4.90 Å². The SMILES string of the molecule is CC(N)C1CN(CC2CCC3(CCCCC3)O2)CCO1. The Hall–Kier alpha value is -0.160. The van der Waals surface area contributed by atoms with E-state index in [-0.39, 0.29) is 17.7 Å². The molecule has 20 heavy (non-hydrogen) atoms. The molecule has 0 bridgehead atoms. The van der Waals surface area contributed by atoms with Gasteiger partial charge in [0.15, 0.2) is 0 Å². The minimum absolute atomic E-state index is 0.118. The van der Waals surface area contributed by atoms with Crippen LogP contribution in [-0.4, -0.2) is 55.0 Å². The highest BCUT2D eigenvalue weighted by molar-refractivity contribution is 4.92. The van der Waals surface area contributed by atoms with E-state index in [9.17, 15) is 0 Å². The van der Waals surface area contributed by atoms with Crippen LogP contribution in [0.1, 0.15) is 51.9 Å². The molecular formula is C16H30N2O2. The Bertz CT molecular complexity index is 316. The second kappa shape index (κ2) is 6.30. The molecule has 2 aliphatic heterocycles. The molecule has 3 fully saturated rings. The fourth-order valence-electron chi connectivity index (χ4n) is 4.09. The van der Waals surface area contributed by atoms with Crippen LogP contribution in [-0.2, 0) is 9.47 Å². The number of morpholine rings is 1. The molecule has 3 atom stereocenters. The molecule has 2 heterocycles. The fraction of sp³-hybridized carbons (Fsp3) is 1.00. The summed E-state index contributed by atoms with van der Waals surface area (Å²) >= 11 is 0. The van der Waals surface area contributed by atoms with Gasteiger partial charge < -0.3 is 15.2 Å². The molecule has 2 N–H and O–H groups in total. The summed E-state index contributed by atoms with van der Waals surface area (Å²) in [7, 11) is 0. The topological polar surface area (TPSA) is 47.7 Å². The Morgan fingerprint density at radius 1 is 1.25 bits per heavy atom. The number of hydrogen-bond acceptors (Lipinski definition) is 4. The number of nitrogens with two attached hydrogens (primary N) is 1. The Morgan fingerprint density at radius 3 is 2.80 bits per heavy atom. The summed E-state index contributed by atoms with van der Waals surface area (Å²) in [5.74, 6) is 0. The second-order valence-electron chi connectivity index (χ2n) is 7.05. The van der Waals surface area contributed by atoms with Gasteiger partial charge in [-0.2, -0.15) is 0 Å². The number of ether oxygens (including phenoxy) is 2. The van der Waals surface area contributed by atoms with Crippen LogP contribution in [0.5, 0.6) is 0 Å². The molecule has 0 amide bonds. The van der Waals surface area contributed by atoms with Crippen molar-refractivity contribution in [3.05, 3.63) is 0 Å². The summed E-state index contributed by atoms with van der Waals surface area (Å²) in [5, 5.41) is 0. The Kier molecular flexibility index (Phi) is 4.65. The van der Waals surface area contributed by atoms with Crippen LogP contribution in [0.15, 0.2) is 0 Å². The van der Waals surface area contributed by atoms with E-state index in [1.54, 1.807) is 0 Å². The first-order valence-corrected chi connectivity index (χ1v) is 8.44. The predicted molar refractivity (Wildman–Crippen MR) is 79.8 cm³/mol. The molecule has 0 aromatic carbocycles. The van der Waals surface area contributed by atoms with E-state index in [0.717, 1.165) is 26.2 Å². The zero-order valence-corrected chi connectivity index (χ0v) is 12.9. The van der Waals surface area contributed by atoms with Crippen molar-refractivity contribution < 1.29 is 9.47 Å². The maximum absolute atomic E-state index is 6.47. The van der Waals surface area contributed by atoms with Crippen molar-refractivity contribution in [3.8, 4) is 0 Å². The standard InChI is InChI=1S/C16H30N2O2/c1-13(17)15-12-18(9-10-19-15)11-14-5-8-16(20-14)6-3-2-4-7-16/h13-15H,2-12,17H2,1H3. The van der Waals surface area contributed by atoms with E-state index in [4.69, 9.17) is 15.2 Å². The van der Waals surface area contributed by atoms with Gasteiger partial charge in [-0.15, -0.1) is 0 Å². The average Bonchev–Trinajstić information content (AvgIpc) is 2.82. The normalized spacial score (nSPS) is 36.3. The third kappa shape index (κ3) is 3.35. The number of rotatable bonds is 3. The first-order chi connectivity index (χ1) is 9.67. The summed E-state index contributed by atoms with van der Waals surface area (Å²) in [4.78, 5) is 2.49. The van der Waals surface area contributed by atoms with Crippen molar-refractivity contribution in [2.45, 2.75) is 75.7 Å². The molecule has 3 aliphatic rings. The van der Waals surface area contributed by atoms with Crippen LogP contribution in [0.4, 0.5) is 0 Å². The minimum Gasteiger partial charge on any atom is -0.374 e. The summed E-state index contributed by atoms with van der Waals surface area (Å²) in [6.45, 7) is 5.90. The van der Waals surface area contributed by atoms with Gasteiger partial charge in [-0.05, 0) is 32.6 Å². The van der Waals surface area contributed by atoms with Gasteiger partial charge in [-0.1, -0.05) is 19.3 Å². The van der Waals surface area contributed by atoms with E-state index < -0.39 is 0 Å². The lowest BCUT2D eigenvalue weighted by atomic mass is 9.83. The van der Waals surface area contributed by atoms with E-state index in [1.165, 1.54) is 44.9 Å². The van der Waals surface area contributed by atoms with Crippen molar-refractivity contribution in [1.29, 1.82) is 0 Å². The van der Waals surface area contributed by atoms with Gasteiger partial charge in [0.1, 0.15) is 0 Å². The number of nitrogens with zero attached hydrogens (tertiary/aromatic N) is 1. The number of hydrogen-bond donors (Lipinski definition) is 1. The summed E-state index contributed by atoms with van der Waals surface area (Å²) in [6, 6.07) is 0.118. The molecule has 2 saturated heterocycles. The van der Waals surface area contributed by atoms with Crippen molar-refractivity contribution in [3.63, 3.8) is 0 Å². The summed E-state index contributed by atoms with van der Waals surface area (Å²) in [6.07, 6.45) is 9.82. The van der Waals surface area contributed by atoms with Crippen LogP contribution in [0.2, 0.25) is 0 Å². The molecule has 1 spiro atoms. The average molecular weight is 282 g/mol. The van der Waals surface area contributed by atoms with E-state index in [2.05, 4.69) is 4.90 Å². The molecule has 0 aromatic heterocycles. The molecule has 1 aliphatic carbocycles. The highest BCUT2D eigenvalue weighted by Crippen LogP contribution is 2.42. The van der Waals surface area contributed by atoms with Crippen LogP contribution < -0.4 is 5.73 Å². The highest BCUT2D eigenvalue weighted by Gasteiger charge is 2.41. The molecule has 3 rings (SSSR count). The van der Waals surface area contributed by atoms with Gasteiger partial charge in [0.05, 0.1) is 24.4 Å². The van der Waals surface area contributed by atoms with Crippen molar-refractivity contribution in [2.75, 3.05) is 26.2 Å². The zero-order chi connectivity index (χ0) is 14.0. The largest absolute Gasteiger partial charge is 0.374 e. The molecule has 116 valence electrons. The van der Waals surface area contributed by atoms with Gasteiger partial charge in [0.25, 0.3) is 0 Å². The highest BCUT2D eigenvalue weighted by atomic mass is 16.5. The summed E-state index contributed by atoms with van der Waals surface area (Å²) in [5.41, 5.74) is 6.21. The molecule has 1 saturated carbocycles. The zero-order valence-electron chi connectivity index (χ0n) is 12.9. The lowest BCUT2D eigenvalue weighted by Gasteiger charge is -2.37. The monoisotopic (exact) mass is 282 g/mol. The smallest absolute Gasteiger partial charge is 0.0850 e. The molecule has 0 aromatic rings. The Labute approximate surface area is 123 Å². The van der Waals surface area contributed by atoms with Crippen LogP contribution >= 0.6 is 0 Å². The van der Waals surface area contributed by atoms with Crippen molar-refractivity contribution >= 4 is 0 Å². The predicted octanol–water partition coefficient (Wildman–Crippen LogP) is 1.92. The summed E-state index contributed by atoms with van der Waals surface area (Å²) < 4.78 is 12.2. The molecule has 0 radical (unpaired) electrons. The van der Waals surface area contributed by atoms with Gasteiger partial charge in [-0.25, -0.2) is 0 Å². The van der Waals surface area contributed by atoms with Crippen LogP contribution in [0, 0.1) is 0 Å². The second-order valence-corrected chi connectivity index (χ2v) is 7.05. The van der Waals surface area contributed by atoms with Gasteiger partial charge in [0, 0.05) is 25.7 Å². The molecule has 4 heteroatoms. The quantitative estimate of drug-likeness (QED) is 0.859. The molecule has 3 unspecified atom stereocenters. The first kappa shape index (κ1) is 14.8. The Morgan fingerprint density at radius 2 is 2.05 bits per heavy atom. The third-order valence-corrected chi connectivity index (χ3v) is 5.33. The first-order valence-electron chi connectivity index (χ1n) is 8.44. The van der Waals surface area contributed by atoms with Crippen LogP contribution in [0.3, 0.4) is 0 Å². The van der Waals surface area contributed by atoms with Crippen molar-refractivity contribution in [2.24, 2.45) is 5.73 Å².